The number of likely N-dealkylation sites (tertiary alicyclic amines) is 1. The minimum atomic E-state index is -0.823. The van der Waals surface area contributed by atoms with Gasteiger partial charge in [-0.3, -0.25) is 28.9 Å². The maximum atomic E-state index is 12.9. The van der Waals surface area contributed by atoms with Crippen molar-refractivity contribution in [2.45, 2.75) is 84.7 Å². The molecule has 1 unspecified atom stereocenters. The van der Waals surface area contributed by atoms with Crippen LogP contribution in [0.3, 0.4) is 0 Å². The summed E-state index contributed by atoms with van der Waals surface area (Å²) in [5.74, 6) is -1.71. The molecule has 1 aliphatic rings. The number of urea groups is 1. The lowest BCUT2D eigenvalue weighted by molar-refractivity contribution is -0.140. The minimum Gasteiger partial charge on any atom is -0.357 e. The fraction of sp³-hybridized carbons (Fsp3) is 0.760. The van der Waals surface area contributed by atoms with Crippen molar-refractivity contribution < 1.29 is 28.8 Å². The van der Waals surface area contributed by atoms with Crippen molar-refractivity contribution >= 4 is 35.6 Å². The van der Waals surface area contributed by atoms with Crippen LogP contribution in [0.1, 0.15) is 72.6 Å². The molecule has 0 bridgehead atoms. The second kappa shape index (κ2) is 15.8. The van der Waals surface area contributed by atoms with Crippen molar-refractivity contribution in [3.05, 3.63) is 0 Å². The van der Waals surface area contributed by atoms with Crippen molar-refractivity contribution in [1.82, 2.24) is 26.2 Å². The van der Waals surface area contributed by atoms with Crippen molar-refractivity contribution in [3.63, 3.8) is 0 Å². The molecule has 1 aliphatic heterocycles. The molecule has 0 aromatic carbocycles. The molecule has 0 spiro atoms. The summed E-state index contributed by atoms with van der Waals surface area (Å²) in [7, 11) is 1.46. The summed E-state index contributed by atoms with van der Waals surface area (Å²) in [6.07, 6.45) is 3.00. The zero-order chi connectivity index (χ0) is 28.1. The molecule has 7 amide bonds. The lowest BCUT2D eigenvalue weighted by atomic mass is 9.94. The maximum absolute atomic E-state index is 12.9. The Labute approximate surface area is 219 Å². The number of carbonyl (C=O) groups is 6. The molecule has 0 saturated carbocycles. The monoisotopic (exact) mass is 524 g/mol. The number of carbonyl (C=O) groups excluding carboxylic acids is 6. The first-order chi connectivity index (χ1) is 17.4. The van der Waals surface area contributed by atoms with Gasteiger partial charge >= 0.3 is 6.03 Å². The summed E-state index contributed by atoms with van der Waals surface area (Å²) in [6, 6.07) is -2.31. The lowest BCUT2D eigenvalue weighted by Crippen LogP contribution is -2.55. The number of likely N-dealkylation sites (N-methyl/N-ethyl adjacent to an activating group) is 1. The van der Waals surface area contributed by atoms with Crippen LogP contribution in [0, 0.1) is 17.8 Å². The third-order valence-electron chi connectivity index (χ3n) is 6.48. The van der Waals surface area contributed by atoms with E-state index in [-0.39, 0.29) is 67.2 Å². The van der Waals surface area contributed by atoms with E-state index in [9.17, 15) is 28.8 Å². The first kappa shape index (κ1) is 31.8. The van der Waals surface area contributed by atoms with E-state index < -0.39 is 24.0 Å². The molecule has 12 nitrogen and oxygen atoms in total. The number of nitrogens with two attached hydrogens (primary N) is 1. The Morgan fingerprint density at radius 3 is 2.19 bits per heavy atom. The van der Waals surface area contributed by atoms with E-state index in [2.05, 4.69) is 21.3 Å². The third-order valence-corrected chi connectivity index (χ3v) is 6.48. The molecule has 1 saturated heterocycles. The Kier molecular flexibility index (Phi) is 13.6. The van der Waals surface area contributed by atoms with Gasteiger partial charge in [0, 0.05) is 38.9 Å². The molecular formula is C25H44N6O6. The molecule has 3 atom stereocenters. The number of primary amides is 1. The molecule has 37 heavy (non-hydrogen) atoms. The Balaban J connectivity index is 2.50. The summed E-state index contributed by atoms with van der Waals surface area (Å²) in [5, 5.41) is 10.4. The molecule has 0 radical (unpaired) electrons. The van der Waals surface area contributed by atoms with Crippen molar-refractivity contribution in [2.24, 2.45) is 23.5 Å². The second-order valence-electron chi connectivity index (χ2n) is 10.1. The van der Waals surface area contributed by atoms with Gasteiger partial charge < -0.3 is 27.0 Å². The number of amides is 7. The molecule has 12 heteroatoms. The molecule has 0 aromatic heterocycles. The van der Waals surface area contributed by atoms with E-state index in [1.165, 1.54) is 11.9 Å². The van der Waals surface area contributed by atoms with Crippen LogP contribution < -0.4 is 27.0 Å². The summed E-state index contributed by atoms with van der Waals surface area (Å²) in [6.45, 7) is 8.09. The highest BCUT2D eigenvalue weighted by atomic mass is 16.2. The lowest BCUT2D eigenvalue weighted by Gasteiger charge is -2.25. The Morgan fingerprint density at radius 2 is 1.65 bits per heavy atom. The van der Waals surface area contributed by atoms with Crippen molar-refractivity contribution in [3.8, 4) is 0 Å². The zero-order valence-electron chi connectivity index (χ0n) is 22.7. The van der Waals surface area contributed by atoms with Crippen LogP contribution in [0.4, 0.5) is 4.79 Å². The van der Waals surface area contributed by atoms with E-state index in [1.54, 1.807) is 13.8 Å². The number of hydrogen-bond acceptors (Lipinski definition) is 6. The standard InChI is InChI=1S/C25H44N6O6/c1-15(2)17-14-20(33)31(24(17)36)13-8-6-7-11-19(32)30-21(16(3)4)23(35)29-18(22(34)27-5)10-9-12-28-25(26)37/h15-18,21H,6-14H2,1-5H3,(H,27,34)(H,29,35)(H,30,32)(H3,26,28,37)/t17?,18-,21-/m0/s1. The fourth-order valence-electron chi connectivity index (χ4n) is 4.20. The highest BCUT2D eigenvalue weighted by molar-refractivity contribution is 6.03. The van der Waals surface area contributed by atoms with Gasteiger partial charge in [-0.15, -0.1) is 0 Å². The van der Waals surface area contributed by atoms with Gasteiger partial charge in [-0.1, -0.05) is 34.1 Å². The number of nitrogens with zero attached hydrogens (tertiary/aromatic N) is 1. The summed E-state index contributed by atoms with van der Waals surface area (Å²) in [5.41, 5.74) is 5.03. The van der Waals surface area contributed by atoms with E-state index in [0.29, 0.717) is 32.2 Å². The predicted octanol–water partition coefficient (Wildman–Crippen LogP) is 0.398. The summed E-state index contributed by atoms with van der Waals surface area (Å²) in [4.78, 5) is 74.2. The van der Waals surface area contributed by atoms with Crippen molar-refractivity contribution in [2.75, 3.05) is 20.1 Å². The molecule has 0 aromatic rings. The van der Waals surface area contributed by atoms with Crippen LogP contribution in [-0.4, -0.2) is 72.7 Å². The number of hydrogen-bond donors (Lipinski definition) is 5. The number of imide groups is 1. The molecule has 1 fully saturated rings. The van der Waals surface area contributed by atoms with Crippen molar-refractivity contribution in [1.29, 1.82) is 0 Å². The highest BCUT2D eigenvalue weighted by Gasteiger charge is 2.39. The number of rotatable bonds is 16. The van der Waals surface area contributed by atoms with E-state index >= 15 is 0 Å². The van der Waals surface area contributed by atoms with Gasteiger partial charge in [0.05, 0.1) is 0 Å². The maximum Gasteiger partial charge on any atom is 0.312 e. The van der Waals surface area contributed by atoms with Gasteiger partial charge in [0.25, 0.3) is 0 Å². The quantitative estimate of drug-likeness (QED) is 0.144. The first-order valence-corrected chi connectivity index (χ1v) is 13.1. The van der Waals surface area contributed by atoms with Gasteiger partial charge in [-0.2, -0.15) is 0 Å². The van der Waals surface area contributed by atoms with Crippen LogP contribution in [0.15, 0.2) is 0 Å². The topological polar surface area (TPSA) is 180 Å². The smallest absolute Gasteiger partial charge is 0.312 e. The van der Waals surface area contributed by atoms with Gasteiger partial charge in [-0.25, -0.2) is 4.79 Å². The van der Waals surface area contributed by atoms with Crippen LogP contribution in [-0.2, 0) is 24.0 Å². The van der Waals surface area contributed by atoms with Gasteiger partial charge in [-0.05, 0) is 37.5 Å². The Hall–Kier alpha value is -3.18. The predicted molar refractivity (Wildman–Crippen MR) is 138 cm³/mol. The summed E-state index contributed by atoms with van der Waals surface area (Å²) < 4.78 is 0. The normalized spacial score (nSPS) is 17.1. The zero-order valence-corrected chi connectivity index (χ0v) is 22.7. The molecule has 1 heterocycles. The van der Waals surface area contributed by atoms with Gasteiger partial charge in [0.15, 0.2) is 0 Å². The minimum absolute atomic E-state index is 0.109. The van der Waals surface area contributed by atoms with Gasteiger partial charge in [0.2, 0.25) is 29.5 Å². The Morgan fingerprint density at radius 1 is 0.973 bits per heavy atom. The second-order valence-corrected chi connectivity index (χ2v) is 10.1. The van der Waals surface area contributed by atoms with E-state index in [1.807, 2.05) is 13.8 Å². The molecule has 6 N–H and O–H groups in total. The average Bonchev–Trinajstić information content (AvgIpc) is 3.11. The highest BCUT2D eigenvalue weighted by Crippen LogP contribution is 2.26. The van der Waals surface area contributed by atoms with E-state index in [4.69, 9.17) is 5.73 Å². The molecule has 1 rings (SSSR count). The van der Waals surface area contributed by atoms with Gasteiger partial charge in [0.1, 0.15) is 12.1 Å². The van der Waals surface area contributed by atoms with Crippen LogP contribution >= 0.6 is 0 Å². The Bertz CT molecular complexity index is 830. The SMILES string of the molecule is CNC(=O)[C@H](CCCNC(N)=O)NC(=O)[C@@H](NC(=O)CCCCCN1C(=O)CC(C(C)C)C1=O)C(C)C. The van der Waals surface area contributed by atoms with Crippen LogP contribution in [0.25, 0.3) is 0 Å². The molecular weight excluding hydrogens is 480 g/mol. The molecule has 0 aliphatic carbocycles. The summed E-state index contributed by atoms with van der Waals surface area (Å²) >= 11 is 0. The largest absolute Gasteiger partial charge is 0.357 e. The third kappa shape index (κ3) is 10.8. The number of nitrogens with one attached hydrogen (secondary N) is 4. The molecule has 210 valence electrons. The first-order valence-electron chi connectivity index (χ1n) is 13.1. The van der Waals surface area contributed by atoms with Crippen LogP contribution in [0.2, 0.25) is 0 Å². The average molecular weight is 525 g/mol. The fourth-order valence-corrected chi connectivity index (χ4v) is 4.20. The van der Waals surface area contributed by atoms with Crippen LogP contribution in [0.5, 0.6) is 0 Å². The number of unbranched alkanes of at least 4 members (excludes halogenated alkanes) is 2. The van der Waals surface area contributed by atoms with E-state index in [0.717, 1.165) is 0 Å².